The lowest BCUT2D eigenvalue weighted by Crippen LogP contribution is -2.13. The molecule has 1 aliphatic rings. The van der Waals surface area contributed by atoms with Gasteiger partial charge < -0.3 is 0 Å². The van der Waals surface area contributed by atoms with Gasteiger partial charge in [0, 0.05) is 5.56 Å². The lowest BCUT2D eigenvalue weighted by Gasteiger charge is -2.06. The molecule has 0 atom stereocenters. The van der Waals surface area contributed by atoms with Crippen LogP contribution in [-0.2, 0) is 10.0 Å². The molecule has 0 saturated carbocycles. The first-order valence-corrected chi connectivity index (χ1v) is 7.91. The van der Waals surface area contributed by atoms with Gasteiger partial charge >= 0.3 is 0 Å². The van der Waals surface area contributed by atoms with Gasteiger partial charge in [-0.2, -0.15) is 8.42 Å². The summed E-state index contributed by atoms with van der Waals surface area (Å²) < 4.78 is 30.1. The molecule has 0 bridgehead atoms. The third-order valence-corrected chi connectivity index (χ3v) is 4.88. The summed E-state index contributed by atoms with van der Waals surface area (Å²) in [6.07, 6.45) is 0. The molecule has 21 heavy (non-hydrogen) atoms. The minimum Gasteiger partial charge on any atom is -0.279 e. The number of aryl methyl sites for hydroxylation is 1. The summed E-state index contributed by atoms with van der Waals surface area (Å²) >= 11 is 0. The monoisotopic (exact) mass is 297 g/mol. The Hall–Kier alpha value is -2.47. The fraction of sp³-hybridized carbons (Fsp3) is 0.0667. The van der Waals surface area contributed by atoms with E-state index in [1.807, 2.05) is 37.3 Å². The average molecular weight is 297 g/mol. The summed E-state index contributed by atoms with van der Waals surface area (Å²) in [4.78, 5) is 4.71. The molecule has 0 unspecified atom stereocenters. The number of nitrogens with zero attached hydrogens (tertiary/aromatic N) is 3. The molecule has 104 valence electrons. The molecule has 2 heterocycles. The van der Waals surface area contributed by atoms with Crippen LogP contribution in [0.25, 0.3) is 11.0 Å². The van der Waals surface area contributed by atoms with E-state index in [0.29, 0.717) is 17.2 Å². The maximum Gasteiger partial charge on any atom is 0.285 e. The van der Waals surface area contributed by atoms with Gasteiger partial charge in [-0.25, -0.2) is 4.98 Å². The minimum atomic E-state index is -3.63. The number of hydrogen-bond acceptors (Lipinski definition) is 3. The number of benzene rings is 2. The van der Waals surface area contributed by atoms with Crippen LogP contribution in [0.1, 0.15) is 11.4 Å². The number of sulfonamides is 1. The second kappa shape index (κ2) is 4.02. The van der Waals surface area contributed by atoms with Gasteiger partial charge in [-0.15, -0.1) is 4.40 Å². The zero-order valence-electron chi connectivity index (χ0n) is 11.2. The normalized spacial score (nSPS) is 16.0. The number of fused-ring (bicyclic) bond motifs is 2. The van der Waals surface area contributed by atoms with E-state index in [4.69, 9.17) is 0 Å². The Balaban J connectivity index is 2.10. The lowest BCUT2D eigenvalue weighted by molar-refractivity contribution is 0.599. The van der Waals surface area contributed by atoms with Crippen molar-refractivity contribution in [2.24, 2.45) is 4.40 Å². The Kier molecular flexibility index (Phi) is 2.35. The molecule has 1 aliphatic heterocycles. The van der Waals surface area contributed by atoms with Crippen molar-refractivity contribution >= 4 is 26.9 Å². The Morgan fingerprint density at radius 3 is 2.57 bits per heavy atom. The molecule has 0 aliphatic carbocycles. The van der Waals surface area contributed by atoms with Crippen molar-refractivity contribution in [3.05, 3.63) is 59.9 Å². The molecule has 4 rings (SSSR count). The fourth-order valence-corrected chi connectivity index (χ4v) is 3.86. The van der Waals surface area contributed by atoms with Gasteiger partial charge in [-0.1, -0.05) is 24.3 Å². The Labute approximate surface area is 121 Å². The second-order valence-electron chi connectivity index (χ2n) is 4.87. The van der Waals surface area contributed by atoms with E-state index in [1.54, 1.807) is 22.8 Å². The molecule has 0 fully saturated rings. The standard InChI is InChI=1S/C15H11N3O2S/c1-10-16-12-7-3-4-8-13(12)18(10)15-11-6-2-5-9-14(11)21(19,20)17-15/h2-9H,1H3. The van der Waals surface area contributed by atoms with Gasteiger partial charge in [0.2, 0.25) is 0 Å². The van der Waals surface area contributed by atoms with Crippen LogP contribution in [-0.4, -0.2) is 23.8 Å². The maximum absolute atomic E-state index is 12.2. The van der Waals surface area contributed by atoms with E-state index in [1.165, 1.54) is 0 Å². The van der Waals surface area contributed by atoms with Gasteiger partial charge in [0.05, 0.1) is 11.0 Å². The quantitative estimate of drug-likeness (QED) is 0.640. The largest absolute Gasteiger partial charge is 0.285 e. The van der Waals surface area contributed by atoms with Crippen LogP contribution >= 0.6 is 0 Å². The third kappa shape index (κ3) is 1.66. The summed E-state index contributed by atoms with van der Waals surface area (Å²) in [5.41, 5.74) is 2.28. The van der Waals surface area contributed by atoms with Crippen LogP contribution in [0, 0.1) is 6.92 Å². The highest BCUT2D eigenvalue weighted by molar-refractivity contribution is 7.90. The zero-order valence-corrected chi connectivity index (χ0v) is 12.0. The molecule has 0 saturated heterocycles. The maximum atomic E-state index is 12.2. The fourth-order valence-electron chi connectivity index (χ4n) is 2.66. The summed E-state index contributed by atoms with van der Waals surface area (Å²) in [6.45, 7) is 1.84. The smallest absolute Gasteiger partial charge is 0.279 e. The first-order chi connectivity index (χ1) is 10.1. The van der Waals surface area contributed by atoms with Crippen LogP contribution < -0.4 is 0 Å². The van der Waals surface area contributed by atoms with Crippen molar-refractivity contribution in [1.29, 1.82) is 0 Å². The van der Waals surface area contributed by atoms with Gasteiger partial charge in [0.25, 0.3) is 10.0 Å². The van der Waals surface area contributed by atoms with E-state index in [9.17, 15) is 8.42 Å². The predicted octanol–water partition coefficient (Wildman–Crippen LogP) is 2.34. The first kappa shape index (κ1) is 12.3. The first-order valence-electron chi connectivity index (χ1n) is 6.47. The van der Waals surface area contributed by atoms with Crippen LogP contribution in [0.15, 0.2) is 57.8 Å². The zero-order chi connectivity index (χ0) is 14.6. The molecular weight excluding hydrogens is 286 g/mol. The number of aromatic nitrogens is 2. The van der Waals surface area contributed by atoms with Gasteiger partial charge in [-0.05, 0) is 31.2 Å². The van der Waals surface area contributed by atoms with Gasteiger partial charge in [-0.3, -0.25) is 4.57 Å². The van der Waals surface area contributed by atoms with E-state index >= 15 is 0 Å². The molecule has 0 amide bonds. The van der Waals surface area contributed by atoms with Crippen molar-refractivity contribution in [3.8, 4) is 0 Å². The van der Waals surface area contributed by atoms with Crippen molar-refractivity contribution < 1.29 is 8.42 Å². The summed E-state index contributed by atoms with van der Waals surface area (Å²) in [5.74, 6) is 1.12. The van der Waals surface area contributed by atoms with Crippen LogP contribution in [0.3, 0.4) is 0 Å². The predicted molar refractivity (Wildman–Crippen MR) is 80.0 cm³/mol. The molecule has 6 heteroatoms. The van der Waals surface area contributed by atoms with Crippen molar-refractivity contribution in [2.75, 3.05) is 0 Å². The lowest BCUT2D eigenvalue weighted by atomic mass is 10.2. The average Bonchev–Trinajstić information content (AvgIpc) is 2.93. The number of imidazole rings is 1. The highest BCUT2D eigenvalue weighted by Gasteiger charge is 2.30. The van der Waals surface area contributed by atoms with E-state index in [2.05, 4.69) is 9.38 Å². The number of rotatable bonds is 0. The topological polar surface area (TPSA) is 64.3 Å². The van der Waals surface area contributed by atoms with E-state index in [-0.39, 0.29) is 4.90 Å². The number of para-hydroxylation sites is 2. The van der Waals surface area contributed by atoms with Crippen molar-refractivity contribution in [1.82, 2.24) is 9.55 Å². The second-order valence-corrected chi connectivity index (χ2v) is 6.44. The van der Waals surface area contributed by atoms with Crippen LogP contribution in [0.2, 0.25) is 0 Å². The molecule has 5 nitrogen and oxygen atoms in total. The summed E-state index contributed by atoms with van der Waals surface area (Å²) in [7, 11) is -3.63. The molecule has 0 radical (unpaired) electrons. The molecule has 0 N–H and O–H groups in total. The summed E-state index contributed by atoms with van der Waals surface area (Å²) in [6, 6.07) is 14.5. The molecule has 2 aromatic carbocycles. The highest BCUT2D eigenvalue weighted by atomic mass is 32.2. The SMILES string of the molecule is Cc1nc2ccccc2n1C1=NS(=O)(=O)c2ccccc21. The van der Waals surface area contributed by atoms with E-state index < -0.39 is 10.0 Å². The molecule has 3 aromatic rings. The highest BCUT2D eigenvalue weighted by Crippen LogP contribution is 2.29. The van der Waals surface area contributed by atoms with E-state index in [0.717, 1.165) is 11.0 Å². The van der Waals surface area contributed by atoms with Crippen molar-refractivity contribution in [3.63, 3.8) is 0 Å². The van der Waals surface area contributed by atoms with Crippen LogP contribution in [0.5, 0.6) is 0 Å². The van der Waals surface area contributed by atoms with Crippen molar-refractivity contribution in [2.45, 2.75) is 11.8 Å². The van der Waals surface area contributed by atoms with Crippen LogP contribution in [0.4, 0.5) is 0 Å². The van der Waals surface area contributed by atoms with Gasteiger partial charge in [0.1, 0.15) is 10.7 Å². The third-order valence-electron chi connectivity index (χ3n) is 3.55. The number of hydrogen-bond donors (Lipinski definition) is 0. The Morgan fingerprint density at radius 1 is 1.00 bits per heavy atom. The molecular formula is C15H11N3O2S. The Morgan fingerprint density at radius 2 is 1.71 bits per heavy atom. The van der Waals surface area contributed by atoms with Gasteiger partial charge in [0.15, 0.2) is 5.84 Å². The minimum absolute atomic E-state index is 0.247. The summed E-state index contributed by atoms with van der Waals surface area (Å²) in [5, 5.41) is 0. The molecule has 0 spiro atoms. The molecule has 1 aromatic heterocycles. The Bertz CT molecular complexity index is 1020.